The molecule has 1 aromatic carbocycles. The van der Waals surface area contributed by atoms with E-state index < -0.39 is 0 Å². The number of aromatic nitrogens is 2. The maximum atomic E-state index is 13.4. The van der Waals surface area contributed by atoms with Gasteiger partial charge in [0.1, 0.15) is 11.6 Å². The van der Waals surface area contributed by atoms with Crippen LogP contribution in [0.4, 0.5) is 4.39 Å². The zero-order valence-electron chi connectivity index (χ0n) is 10.8. The first kappa shape index (κ1) is 12.1. The van der Waals surface area contributed by atoms with Gasteiger partial charge in [-0.25, -0.2) is 4.39 Å². The predicted molar refractivity (Wildman–Crippen MR) is 70.4 cm³/mol. The number of aryl methyl sites for hydroxylation is 1. The lowest BCUT2D eigenvalue weighted by Crippen LogP contribution is -2.24. The number of ether oxygens (including phenoxy) is 1. The first-order valence-corrected chi connectivity index (χ1v) is 6.47. The first-order chi connectivity index (χ1) is 9.22. The lowest BCUT2D eigenvalue weighted by molar-refractivity contribution is 0.120. The van der Waals surface area contributed by atoms with Gasteiger partial charge in [0.15, 0.2) is 0 Å². The molecule has 0 aliphatic heterocycles. The van der Waals surface area contributed by atoms with E-state index in [-0.39, 0.29) is 11.9 Å². The van der Waals surface area contributed by atoms with Crippen LogP contribution in [0.1, 0.15) is 25.0 Å². The Morgan fingerprint density at radius 1 is 1.21 bits per heavy atom. The molecule has 1 heterocycles. The summed E-state index contributed by atoms with van der Waals surface area (Å²) in [5.41, 5.74) is 2.35. The molecule has 1 aliphatic rings. The average molecular weight is 258 g/mol. The molecule has 4 heteroatoms. The van der Waals surface area contributed by atoms with Crippen LogP contribution in [0, 0.1) is 12.7 Å². The van der Waals surface area contributed by atoms with Gasteiger partial charge in [-0.15, -0.1) is 0 Å². The topological polar surface area (TPSA) is 35.0 Å². The van der Waals surface area contributed by atoms with Crippen LogP contribution in [0.2, 0.25) is 0 Å². The maximum absolute atomic E-state index is 13.4. The summed E-state index contributed by atoms with van der Waals surface area (Å²) in [4.78, 5) is 8.55. The second-order valence-electron chi connectivity index (χ2n) is 4.85. The summed E-state index contributed by atoms with van der Waals surface area (Å²) in [6.45, 7) is 1.88. The molecule has 0 bridgehead atoms. The quantitative estimate of drug-likeness (QED) is 0.844. The molecule has 1 aliphatic carbocycles. The highest BCUT2D eigenvalue weighted by molar-refractivity contribution is 5.66. The Hall–Kier alpha value is -1.97. The summed E-state index contributed by atoms with van der Waals surface area (Å²) in [6, 6.07) is 4.54. The van der Waals surface area contributed by atoms with Crippen molar-refractivity contribution in [3.8, 4) is 17.0 Å². The highest BCUT2D eigenvalue weighted by Gasteiger charge is 2.21. The molecule has 0 spiro atoms. The number of nitrogens with zero attached hydrogens (tertiary/aromatic N) is 2. The van der Waals surface area contributed by atoms with E-state index >= 15 is 0 Å². The second-order valence-corrected chi connectivity index (χ2v) is 4.85. The molecule has 19 heavy (non-hydrogen) atoms. The Bertz CT molecular complexity index is 579. The Morgan fingerprint density at radius 2 is 2.05 bits per heavy atom. The van der Waals surface area contributed by atoms with Gasteiger partial charge >= 0.3 is 0 Å². The molecule has 0 amide bonds. The fourth-order valence-corrected chi connectivity index (χ4v) is 2.01. The molecule has 2 aromatic rings. The Morgan fingerprint density at radius 3 is 2.68 bits per heavy atom. The summed E-state index contributed by atoms with van der Waals surface area (Å²) in [5, 5.41) is 0. The third-order valence-corrected chi connectivity index (χ3v) is 3.35. The SMILES string of the molecule is Cc1cnc(-c2ccc(F)cc2OC2CCC2)cn1. The predicted octanol–water partition coefficient (Wildman–Crippen LogP) is 3.52. The minimum atomic E-state index is -0.293. The van der Waals surface area contributed by atoms with Gasteiger partial charge in [-0.1, -0.05) is 0 Å². The van der Waals surface area contributed by atoms with E-state index in [0.29, 0.717) is 11.4 Å². The molecule has 1 aromatic heterocycles. The molecular formula is C15H15FN2O. The highest BCUT2D eigenvalue weighted by Crippen LogP contribution is 2.33. The van der Waals surface area contributed by atoms with E-state index in [2.05, 4.69) is 9.97 Å². The number of halogens is 1. The standard InChI is InChI=1S/C15H15FN2O/c1-10-8-18-14(9-17-10)13-6-5-11(16)7-15(13)19-12-3-2-4-12/h5-9,12H,2-4H2,1H3. The Kier molecular flexibility index (Phi) is 3.15. The third-order valence-electron chi connectivity index (χ3n) is 3.35. The monoisotopic (exact) mass is 258 g/mol. The minimum absolute atomic E-state index is 0.207. The van der Waals surface area contributed by atoms with Crippen molar-refractivity contribution in [2.24, 2.45) is 0 Å². The first-order valence-electron chi connectivity index (χ1n) is 6.47. The van der Waals surface area contributed by atoms with Crippen LogP contribution in [0.3, 0.4) is 0 Å². The van der Waals surface area contributed by atoms with Crippen molar-refractivity contribution in [1.82, 2.24) is 9.97 Å². The van der Waals surface area contributed by atoms with E-state index in [1.165, 1.54) is 18.6 Å². The molecular weight excluding hydrogens is 243 g/mol. The van der Waals surface area contributed by atoms with E-state index in [4.69, 9.17) is 4.74 Å². The fraction of sp³-hybridized carbons (Fsp3) is 0.333. The van der Waals surface area contributed by atoms with E-state index in [1.807, 2.05) is 6.92 Å². The van der Waals surface area contributed by atoms with Gasteiger partial charge in [-0.3, -0.25) is 9.97 Å². The van der Waals surface area contributed by atoms with Crippen LogP contribution in [0.15, 0.2) is 30.6 Å². The summed E-state index contributed by atoms with van der Waals surface area (Å²) < 4.78 is 19.2. The summed E-state index contributed by atoms with van der Waals surface area (Å²) in [5.74, 6) is 0.265. The van der Waals surface area contributed by atoms with E-state index in [9.17, 15) is 4.39 Å². The van der Waals surface area contributed by atoms with Crippen molar-refractivity contribution in [1.29, 1.82) is 0 Å². The van der Waals surface area contributed by atoms with Gasteiger partial charge in [0.05, 0.1) is 23.7 Å². The molecule has 1 saturated carbocycles. The summed E-state index contributed by atoms with van der Waals surface area (Å²) in [7, 11) is 0. The van der Waals surface area contributed by atoms with Crippen molar-refractivity contribution in [3.63, 3.8) is 0 Å². The van der Waals surface area contributed by atoms with Gasteiger partial charge in [0.2, 0.25) is 0 Å². The lowest BCUT2D eigenvalue weighted by Gasteiger charge is -2.27. The Balaban J connectivity index is 1.96. The van der Waals surface area contributed by atoms with Crippen LogP contribution in [-0.2, 0) is 0 Å². The van der Waals surface area contributed by atoms with Crippen LogP contribution in [-0.4, -0.2) is 16.1 Å². The zero-order chi connectivity index (χ0) is 13.2. The van der Waals surface area contributed by atoms with Crippen LogP contribution in [0.5, 0.6) is 5.75 Å². The van der Waals surface area contributed by atoms with E-state index in [0.717, 1.165) is 24.1 Å². The summed E-state index contributed by atoms with van der Waals surface area (Å²) in [6.07, 6.45) is 6.85. The molecule has 1 fully saturated rings. The number of rotatable bonds is 3. The molecule has 0 N–H and O–H groups in total. The van der Waals surface area contributed by atoms with E-state index in [1.54, 1.807) is 18.5 Å². The van der Waals surface area contributed by atoms with Crippen molar-refractivity contribution >= 4 is 0 Å². The van der Waals surface area contributed by atoms with Crippen LogP contribution in [0.25, 0.3) is 11.3 Å². The molecule has 3 nitrogen and oxygen atoms in total. The number of benzene rings is 1. The zero-order valence-corrected chi connectivity index (χ0v) is 10.8. The maximum Gasteiger partial charge on any atom is 0.132 e. The van der Waals surface area contributed by atoms with Crippen LogP contribution < -0.4 is 4.74 Å². The molecule has 3 rings (SSSR count). The van der Waals surface area contributed by atoms with Gasteiger partial charge in [-0.2, -0.15) is 0 Å². The molecule has 0 atom stereocenters. The molecule has 98 valence electrons. The minimum Gasteiger partial charge on any atom is -0.490 e. The molecule has 0 saturated heterocycles. The number of hydrogen-bond acceptors (Lipinski definition) is 3. The van der Waals surface area contributed by atoms with Crippen molar-refractivity contribution in [3.05, 3.63) is 42.1 Å². The fourth-order valence-electron chi connectivity index (χ4n) is 2.01. The average Bonchev–Trinajstić information content (AvgIpc) is 2.35. The third kappa shape index (κ3) is 2.57. The summed E-state index contributed by atoms with van der Waals surface area (Å²) >= 11 is 0. The lowest BCUT2D eigenvalue weighted by atomic mass is 9.96. The highest BCUT2D eigenvalue weighted by atomic mass is 19.1. The second kappa shape index (κ2) is 4.96. The molecule has 0 radical (unpaired) electrons. The molecule has 0 unspecified atom stereocenters. The van der Waals surface area contributed by atoms with Crippen molar-refractivity contribution in [2.75, 3.05) is 0 Å². The normalized spacial score (nSPS) is 15.1. The van der Waals surface area contributed by atoms with Crippen molar-refractivity contribution < 1.29 is 9.13 Å². The van der Waals surface area contributed by atoms with Gasteiger partial charge < -0.3 is 4.74 Å². The van der Waals surface area contributed by atoms with Gasteiger partial charge in [0, 0.05) is 17.8 Å². The van der Waals surface area contributed by atoms with Gasteiger partial charge in [0.25, 0.3) is 0 Å². The van der Waals surface area contributed by atoms with Crippen molar-refractivity contribution in [2.45, 2.75) is 32.3 Å². The van der Waals surface area contributed by atoms with Crippen LogP contribution >= 0.6 is 0 Å². The van der Waals surface area contributed by atoms with Gasteiger partial charge in [-0.05, 0) is 38.3 Å². The largest absolute Gasteiger partial charge is 0.490 e. The smallest absolute Gasteiger partial charge is 0.132 e. The number of hydrogen-bond donors (Lipinski definition) is 0. The Labute approximate surface area is 111 Å².